The van der Waals surface area contributed by atoms with Crippen LogP contribution in [0.3, 0.4) is 0 Å². The van der Waals surface area contributed by atoms with Crippen LogP contribution in [-0.2, 0) is 19.5 Å². The Balaban J connectivity index is 2.17. The summed E-state index contributed by atoms with van der Waals surface area (Å²) in [7, 11) is 0. The molecule has 0 aliphatic heterocycles. The maximum atomic E-state index is 2.58. The van der Waals surface area contributed by atoms with Gasteiger partial charge in [0.2, 0.25) is 0 Å². The molecule has 0 aliphatic carbocycles. The van der Waals surface area contributed by atoms with Gasteiger partial charge >= 0.3 is 0 Å². The van der Waals surface area contributed by atoms with Crippen LogP contribution in [0.4, 0.5) is 0 Å². The molecule has 0 unspecified atom stereocenters. The van der Waals surface area contributed by atoms with Gasteiger partial charge in [-0.3, -0.25) is 0 Å². The molecule has 0 saturated heterocycles. The lowest BCUT2D eigenvalue weighted by atomic mass is 10.1. The highest BCUT2D eigenvalue weighted by atomic mass is 15.1. The number of aryl methyl sites for hydroxylation is 2. The molecule has 2 nitrogen and oxygen atoms in total. The number of unbranched alkanes of at least 4 members (excludes halogenated alkanes) is 20. The summed E-state index contributed by atoms with van der Waals surface area (Å²) < 4.78 is 5.17. The second-order valence-corrected chi connectivity index (χ2v) is 10.9. The maximum absolute atomic E-state index is 2.58. The lowest BCUT2D eigenvalue weighted by molar-refractivity contribution is -0.704. The van der Waals surface area contributed by atoms with Crippen LogP contribution >= 0.6 is 0 Å². The highest BCUT2D eigenvalue weighted by Gasteiger charge is 2.16. The van der Waals surface area contributed by atoms with Gasteiger partial charge in [0, 0.05) is 6.42 Å². The van der Waals surface area contributed by atoms with E-state index in [1.807, 2.05) is 0 Å². The third kappa shape index (κ3) is 16.8. The van der Waals surface area contributed by atoms with Gasteiger partial charge in [0.15, 0.2) is 0 Å². The van der Waals surface area contributed by atoms with Gasteiger partial charge in [0.05, 0.1) is 13.1 Å². The highest BCUT2D eigenvalue weighted by Crippen LogP contribution is 2.13. The number of hydrogen-bond donors (Lipinski definition) is 0. The molecule has 0 fully saturated rings. The van der Waals surface area contributed by atoms with Crippen LogP contribution < -0.4 is 4.57 Å². The zero-order chi connectivity index (χ0) is 24.5. The Morgan fingerprint density at radius 1 is 0.500 bits per heavy atom. The standard InChI is InChI=1S/C32H63N2/c1-4-7-10-12-14-16-18-20-22-24-26-29-34-31-30-33(32(34)27-9-6-3)28-25-23-21-19-17-15-13-11-8-5-2/h30-31H,4-29H2,1-3H3/q+1. The van der Waals surface area contributed by atoms with Crippen molar-refractivity contribution in [3.63, 3.8) is 0 Å². The van der Waals surface area contributed by atoms with Gasteiger partial charge in [-0.2, -0.15) is 0 Å². The number of aromatic nitrogens is 2. The molecule has 2 heteroatoms. The van der Waals surface area contributed by atoms with Crippen molar-refractivity contribution < 1.29 is 4.57 Å². The first-order valence-electron chi connectivity index (χ1n) is 15.9. The Morgan fingerprint density at radius 2 is 0.912 bits per heavy atom. The number of imidazole rings is 1. The van der Waals surface area contributed by atoms with E-state index in [9.17, 15) is 0 Å². The molecule has 1 heterocycles. The van der Waals surface area contributed by atoms with Crippen molar-refractivity contribution in [3.05, 3.63) is 18.2 Å². The zero-order valence-electron chi connectivity index (χ0n) is 23.9. The molecule has 0 N–H and O–H groups in total. The minimum absolute atomic E-state index is 1.22. The highest BCUT2D eigenvalue weighted by molar-refractivity contribution is 4.84. The van der Waals surface area contributed by atoms with Crippen molar-refractivity contribution in [2.24, 2.45) is 0 Å². The number of hydrogen-bond acceptors (Lipinski definition) is 0. The van der Waals surface area contributed by atoms with Crippen molar-refractivity contribution in [2.75, 3.05) is 0 Å². The lowest BCUT2D eigenvalue weighted by Gasteiger charge is -2.06. The van der Waals surface area contributed by atoms with Crippen molar-refractivity contribution in [2.45, 2.75) is 188 Å². The van der Waals surface area contributed by atoms with Crippen LogP contribution in [0.1, 0.15) is 174 Å². The molecule has 0 atom stereocenters. The summed E-state index contributed by atoms with van der Waals surface area (Å²) in [6, 6.07) is 0. The van der Waals surface area contributed by atoms with E-state index in [-0.39, 0.29) is 0 Å². The first-order valence-corrected chi connectivity index (χ1v) is 15.9. The fourth-order valence-corrected chi connectivity index (χ4v) is 5.24. The van der Waals surface area contributed by atoms with E-state index < -0.39 is 0 Å². The normalized spacial score (nSPS) is 11.5. The van der Waals surface area contributed by atoms with Crippen LogP contribution in [0.5, 0.6) is 0 Å². The number of rotatable bonds is 26. The molecule has 0 amide bonds. The lowest BCUT2D eigenvalue weighted by Crippen LogP contribution is -2.37. The van der Waals surface area contributed by atoms with E-state index >= 15 is 0 Å². The second kappa shape index (κ2) is 23.9. The molecule has 0 radical (unpaired) electrons. The van der Waals surface area contributed by atoms with Crippen molar-refractivity contribution in [3.8, 4) is 0 Å². The average Bonchev–Trinajstić information content (AvgIpc) is 3.23. The summed E-state index contributed by atoms with van der Waals surface area (Å²) in [5.74, 6) is 1.59. The molecular formula is C32H63N2+. The molecule has 0 aliphatic rings. The SMILES string of the molecule is CCCCCCCCCCCCCn1cc[n+](CCCCCCCCCCCC)c1CCCC. The van der Waals surface area contributed by atoms with E-state index in [1.165, 1.54) is 167 Å². The molecule has 0 bridgehead atoms. The minimum atomic E-state index is 1.22. The average molecular weight is 476 g/mol. The van der Waals surface area contributed by atoms with Gasteiger partial charge in [-0.05, 0) is 32.1 Å². The predicted octanol–water partition coefficient (Wildman–Crippen LogP) is 10.4. The van der Waals surface area contributed by atoms with Gasteiger partial charge in [0.1, 0.15) is 12.4 Å². The fourth-order valence-electron chi connectivity index (χ4n) is 5.24. The smallest absolute Gasteiger partial charge is 0.234 e. The molecule has 200 valence electrons. The zero-order valence-corrected chi connectivity index (χ0v) is 23.9. The summed E-state index contributed by atoms with van der Waals surface area (Å²) in [4.78, 5) is 0. The van der Waals surface area contributed by atoms with Crippen molar-refractivity contribution in [1.82, 2.24) is 4.57 Å². The van der Waals surface area contributed by atoms with Gasteiger partial charge in [0.25, 0.3) is 5.82 Å². The molecule has 34 heavy (non-hydrogen) atoms. The predicted molar refractivity (Wildman–Crippen MR) is 152 cm³/mol. The summed E-state index contributed by atoms with van der Waals surface area (Å²) >= 11 is 0. The van der Waals surface area contributed by atoms with E-state index in [4.69, 9.17) is 0 Å². The Hall–Kier alpha value is -0.790. The van der Waals surface area contributed by atoms with E-state index in [1.54, 1.807) is 5.82 Å². The summed E-state index contributed by atoms with van der Waals surface area (Å²) in [5.41, 5.74) is 0. The molecular weight excluding hydrogens is 412 g/mol. The first-order chi connectivity index (χ1) is 16.8. The van der Waals surface area contributed by atoms with E-state index in [0.29, 0.717) is 0 Å². The van der Waals surface area contributed by atoms with Gasteiger partial charge in [-0.1, -0.05) is 136 Å². The molecule has 1 rings (SSSR count). The van der Waals surface area contributed by atoms with Crippen LogP contribution in [0.2, 0.25) is 0 Å². The maximum Gasteiger partial charge on any atom is 0.256 e. The quantitative estimate of drug-likeness (QED) is 0.0930. The molecule has 0 spiro atoms. The van der Waals surface area contributed by atoms with E-state index in [2.05, 4.69) is 42.3 Å². The third-order valence-electron chi connectivity index (χ3n) is 7.60. The van der Waals surface area contributed by atoms with Gasteiger partial charge in [-0.15, -0.1) is 0 Å². The third-order valence-corrected chi connectivity index (χ3v) is 7.60. The summed E-state index contributed by atoms with van der Waals surface area (Å²) in [6.07, 6.45) is 38.5. The van der Waals surface area contributed by atoms with Crippen LogP contribution in [0, 0.1) is 0 Å². The van der Waals surface area contributed by atoms with Crippen molar-refractivity contribution in [1.29, 1.82) is 0 Å². The number of nitrogens with zero attached hydrogens (tertiary/aromatic N) is 2. The first kappa shape index (κ1) is 31.2. The summed E-state index contributed by atoms with van der Waals surface area (Å²) in [5, 5.41) is 0. The second-order valence-electron chi connectivity index (χ2n) is 10.9. The van der Waals surface area contributed by atoms with Crippen molar-refractivity contribution >= 4 is 0 Å². The Morgan fingerprint density at radius 3 is 1.38 bits per heavy atom. The fraction of sp³-hybridized carbons (Fsp3) is 0.906. The molecule has 0 aromatic carbocycles. The summed E-state index contributed by atoms with van der Waals surface area (Å²) in [6.45, 7) is 9.38. The topological polar surface area (TPSA) is 8.81 Å². The van der Waals surface area contributed by atoms with E-state index in [0.717, 1.165) is 0 Å². The molecule has 1 aromatic rings. The molecule has 1 aromatic heterocycles. The Bertz CT molecular complexity index is 533. The van der Waals surface area contributed by atoms with Crippen LogP contribution in [0.25, 0.3) is 0 Å². The van der Waals surface area contributed by atoms with Gasteiger partial charge < -0.3 is 0 Å². The van der Waals surface area contributed by atoms with Crippen LogP contribution in [0.15, 0.2) is 12.4 Å². The molecule has 0 saturated carbocycles. The Kier molecular flexibility index (Phi) is 22.0. The van der Waals surface area contributed by atoms with Crippen LogP contribution in [-0.4, -0.2) is 4.57 Å². The minimum Gasteiger partial charge on any atom is -0.234 e. The Labute approximate surface area is 215 Å². The largest absolute Gasteiger partial charge is 0.256 e. The monoisotopic (exact) mass is 475 g/mol. The van der Waals surface area contributed by atoms with Gasteiger partial charge in [-0.25, -0.2) is 9.13 Å².